The number of benzene rings is 2. The summed E-state index contributed by atoms with van der Waals surface area (Å²) in [4.78, 5) is 12.2. The molecule has 1 aliphatic rings. The van der Waals surface area contributed by atoms with Crippen molar-refractivity contribution in [3.05, 3.63) is 53.6 Å². The standard InChI is InChI=1S/C16H14O2/c1-10-9-12-3-2-4-14(15(12)16(10)18)11-5-7-13(17)8-6-11/h2-8,10,17H,9H2,1H3. The Morgan fingerprint density at radius 3 is 2.56 bits per heavy atom. The molecule has 2 nitrogen and oxygen atoms in total. The van der Waals surface area contributed by atoms with Gasteiger partial charge in [-0.05, 0) is 35.2 Å². The van der Waals surface area contributed by atoms with Gasteiger partial charge in [0.15, 0.2) is 5.78 Å². The van der Waals surface area contributed by atoms with Gasteiger partial charge in [-0.25, -0.2) is 0 Å². The number of hydrogen-bond acceptors (Lipinski definition) is 2. The zero-order valence-corrected chi connectivity index (χ0v) is 10.2. The molecule has 0 heterocycles. The molecule has 90 valence electrons. The van der Waals surface area contributed by atoms with Crippen molar-refractivity contribution in [3.63, 3.8) is 0 Å². The molecule has 0 spiro atoms. The summed E-state index contributed by atoms with van der Waals surface area (Å²) < 4.78 is 0. The number of aromatic hydroxyl groups is 1. The van der Waals surface area contributed by atoms with Gasteiger partial charge in [0, 0.05) is 11.5 Å². The number of Topliss-reactive ketones (excluding diaryl/α,β-unsaturated/α-hetero) is 1. The minimum atomic E-state index is 0.0817. The van der Waals surface area contributed by atoms with Crippen LogP contribution in [0.5, 0.6) is 5.75 Å². The van der Waals surface area contributed by atoms with Crippen LogP contribution in [-0.2, 0) is 6.42 Å². The minimum Gasteiger partial charge on any atom is -0.508 e. The SMILES string of the molecule is CC1Cc2cccc(-c3ccc(O)cc3)c2C1=O. The number of phenolic OH excluding ortho intramolecular Hbond substituents is 1. The fourth-order valence-corrected chi connectivity index (χ4v) is 2.61. The van der Waals surface area contributed by atoms with Gasteiger partial charge >= 0.3 is 0 Å². The van der Waals surface area contributed by atoms with Crippen LogP contribution in [0.15, 0.2) is 42.5 Å². The van der Waals surface area contributed by atoms with E-state index in [-0.39, 0.29) is 17.5 Å². The van der Waals surface area contributed by atoms with E-state index in [0.29, 0.717) is 0 Å². The highest BCUT2D eigenvalue weighted by atomic mass is 16.3. The van der Waals surface area contributed by atoms with Crippen molar-refractivity contribution in [3.8, 4) is 16.9 Å². The van der Waals surface area contributed by atoms with Crippen molar-refractivity contribution in [2.45, 2.75) is 13.3 Å². The molecule has 0 saturated carbocycles. The average molecular weight is 238 g/mol. The van der Waals surface area contributed by atoms with E-state index in [0.717, 1.165) is 28.7 Å². The molecule has 0 bridgehead atoms. The Balaban J connectivity index is 2.18. The molecule has 3 rings (SSSR count). The minimum absolute atomic E-state index is 0.0817. The number of phenols is 1. The van der Waals surface area contributed by atoms with E-state index in [2.05, 4.69) is 0 Å². The van der Waals surface area contributed by atoms with Gasteiger partial charge in [-0.1, -0.05) is 37.3 Å². The lowest BCUT2D eigenvalue weighted by atomic mass is 9.96. The fourth-order valence-electron chi connectivity index (χ4n) is 2.61. The maximum Gasteiger partial charge on any atom is 0.166 e. The highest BCUT2D eigenvalue weighted by Gasteiger charge is 2.29. The van der Waals surface area contributed by atoms with Crippen LogP contribution in [-0.4, -0.2) is 10.9 Å². The molecule has 1 N–H and O–H groups in total. The van der Waals surface area contributed by atoms with Crippen molar-refractivity contribution in [2.24, 2.45) is 5.92 Å². The fraction of sp³-hybridized carbons (Fsp3) is 0.188. The van der Waals surface area contributed by atoms with E-state index in [1.807, 2.05) is 37.3 Å². The Kier molecular flexibility index (Phi) is 2.44. The van der Waals surface area contributed by atoms with Crippen molar-refractivity contribution in [1.82, 2.24) is 0 Å². The van der Waals surface area contributed by atoms with Gasteiger partial charge in [0.2, 0.25) is 0 Å². The van der Waals surface area contributed by atoms with E-state index in [1.54, 1.807) is 12.1 Å². The maximum absolute atomic E-state index is 12.2. The van der Waals surface area contributed by atoms with Crippen molar-refractivity contribution < 1.29 is 9.90 Å². The van der Waals surface area contributed by atoms with Crippen molar-refractivity contribution in [1.29, 1.82) is 0 Å². The van der Waals surface area contributed by atoms with Gasteiger partial charge in [0.1, 0.15) is 5.75 Å². The Bertz CT molecular complexity index is 611. The topological polar surface area (TPSA) is 37.3 Å². The van der Waals surface area contributed by atoms with Crippen LogP contribution in [0.4, 0.5) is 0 Å². The van der Waals surface area contributed by atoms with E-state index in [9.17, 15) is 9.90 Å². The summed E-state index contributed by atoms with van der Waals surface area (Å²) in [5.41, 5.74) is 3.95. The highest BCUT2D eigenvalue weighted by Crippen LogP contribution is 2.35. The maximum atomic E-state index is 12.2. The predicted octanol–water partition coefficient (Wildman–Crippen LogP) is 3.43. The molecular formula is C16H14O2. The third-order valence-electron chi connectivity index (χ3n) is 3.55. The first kappa shape index (κ1) is 11.0. The first-order chi connectivity index (χ1) is 8.66. The van der Waals surface area contributed by atoms with Crippen LogP contribution >= 0.6 is 0 Å². The van der Waals surface area contributed by atoms with E-state index >= 15 is 0 Å². The van der Waals surface area contributed by atoms with Crippen LogP contribution < -0.4 is 0 Å². The molecule has 0 amide bonds. The normalized spacial score (nSPS) is 17.8. The smallest absolute Gasteiger partial charge is 0.166 e. The summed E-state index contributed by atoms with van der Waals surface area (Å²) in [5, 5.41) is 9.32. The average Bonchev–Trinajstić information content (AvgIpc) is 2.66. The molecule has 1 atom stereocenters. The molecule has 2 aromatic rings. The third-order valence-corrected chi connectivity index (χ3v) is 3.55. The van der Waals surface area contributed by atoms with Gasteiger partial charge in [-0.3, -0.25) is 4.79 Å². The zero-order valence-electron chi connectivity index (χ0n) is 10.2. The number of carbonyl (C=O) groups excluding carboxylic acids is 1. The van der Waals surface area contributed by atoms with Gasteiger partial charge in [-0.15, -0.1) is 0 Å². The second-order valence-electron chi connectivity index (χ2n) is 4.86. The Hall–Kier alpha value is -2.09. The number of hydrogen-bond donors (Lipinski definition) is 1. The highest BCUT2D eigenvalue weighted by molar-refractivity contribution is 6.07. The summed E-state index contributed by atoms with van der Waals surface area (Å²) in [7, 11) is 0. The molecule has 1 aliphatic carbocycles. The van der Waals surface area contributed by atoms with Crippen molar-refractivity contribution in [2.75, 3.05) is 0 Å². The van der Waals surface area contributed by atoms with E-state index in [1.165, 1.54) is 0 Å². The largest absolute Gasteiger partial charge is 0.508 e. The van der Waals surface area contributed by atoms with E-state index < -0.39 is 0 Å². The molecule has 2 aromatic carbocycles. The van der Waals surface area contributed by atoms with Crippen molar-refractivity contribution >= 4 is 5.78 Å². The second kappa shape index (κ2) is 3.98. The van der Waals surface area contributed by atoms with Gasteiger partial charge in [0.05, 0.1) is 0 Å². The summed E-state index contributed by atoms with van der Waals surface area (Å²) >= 11 is 0. The number of rotatable bonds is 1. The number of ketones is 1. The lowest BCUT2D eigenvalue weighted by Gasteiger charge is -2.07. The molecular weight excluding hydrogens is 224 g/mol. The molecule has 1 unspecified atom stereocenters. The van der Waals surface area contributed by atoms with E-state index in [4.69, 9.17) is 0 Å². The number of carbonyl (C=O) groups is 1. The lowest BCUT2D eigenvalue weighted by molar-refractivity contribution is 0.0947. The Morgan fingerprint density at radius 1 is 1.11 bits per heavy atom. The first-order valence-electron chi connectivity index (χ1n) is 6.12. The second-order valence-corrected chi connectivity index (χ2v) is 4.86. The summed E-state index contributed by atoms with van der Waals surface area (Å²) in [6.45, 7) is 1.98. The molecule has 0 aliphatic heterocycles. The zero-order chi connectivity index (χ0) is 12.7. The summed E-state index contributed by atoms with van der Waals surface area (Å²) in [6, 6.07) is 13.0. The predicted molar refractivity (Wildman–Crippen MR) is 70.7 cm³/mol. The molecule has 0 fully saturated rings. The third kappa shape index (κ3) is 1.61. The van der Waals surface area contributed by atoms with Crippen LogP contribution in [0.25, 0.3) is 11.1 Å². The Labute approximate surface area is 106 Å². The quantitative estimate of drug-likeness (QED) is 0.826. The summed E-state index contributed by atoms with van der Waals surface area (Å²) in [6.07, 6.45) is 0.833. The first-order valence-corrected chi connectivity index (χ1v) is 6.12. The Morgan fingerprint density at radius 2 is 1.83 bits per heavy atom. The molecule has 2 heteroatoms. The van der Waals surface area contributed by atoms with Crippen LogP contribution in [0.2, 0.25) is 0 Å². The van der Waals surface area contributed by atoms with Gasteiger partial charge in [0.25, 0.3) is 0 Å². The summed E-state index contributed by atoms with van der Waals surface area (Å²) in [5.74, 6) is 0.554. The molecule has 0 aromatic heterocycles. The molecule has 0 radical (unpaired) electrons. The molecule has 0 saturated heterocycles. The van der Waals surface area contributed by atoms with Crippen LogP contribution in [0.3, 0.4) is 0 Å². The van der Waals surface area contributed by atoms with Gasteiger partial charge in [-0.2, -0.15) is 0 Å². The monoisotopic (exact) mass is 238 g/mol. The molecule has 18 heavy (non-hydrogen) atoms. The lowest BCUT2D eigenvalue weighted by Crippen LogP contribution is -2.04. The number of fused-ring (bicyclic) bond motifs is 1. The van der Waals surface area contributed by atoms with Gasteiger partial charge < -0.3 is 5.11 Å². The van der Waals surface area contributed by atoms with Crippen LogP contribution in [0.1, 0.15) is 22.8 Å². The van der Waals surface area contributed by atoms with Crippen LogP contribution in [0, 0.1) is 5.92 Å².